The second-order valence-corrected chi connectivity index (χ2v) is 5.35. The number of halogens is 2. The summed E-state index contributed by atoms with van der Waals surface area (Å²) < 4.78 is 18.6. The first-order valence-electron chi connectivity index (χ1n) is 6.73. The van der Waals surface area contributed by atoms with Crippen LogP contribution in [0.4, 0.5) is 4.39 Å². The highest BCUT2D eigenvalue weighted by atomic mass is 35.5. The second-order valence-electron chi connectivity index (χ2n) is 4.97. The van der Waals surface area contributed by atoms with Crippen molar-refractivity contribution in [3.8, 4) is 0 Å². The summed E-state index contributed by atoms with van der Waals surface area (Å²) in [7, 11) is 1.71. The average molecular weight is 288 g/mol. The molecule has 2 nitrogen and oxygen atoms in total. The summed E-state index contributed by atoms with van der Waals surface area (Å²) in [6.07, 6.45) is 1.72. The van der Waals surface area contributed by atoms with Crippen molar-refractivity contribution in [2.75, 3.05) is 20.3 Å². The Balaban J connectivity index is 2.69. The monoisotopic (exact) mass is 287 g/mol. The van der Waals surface area contributed by atoms with Gasteiger partial charge in [-0.3, -0.25) is 0 Å². The van der Waals surface area contributed by atoms with Gasteiger partial charge in [-0.05, 0) is 36.9 Å². The van der Waals surface area contributed by atoms with Gasteiger partial charge in [0, 0.05) is 19.8 Å². The van der Waals surface area contributed by atoms with E-state index in [1.54, 1.807) is 13.2 Å². The minimum absolute atomic E-state index is 0.241. The third-order valence-corrected chi connectivity index (χ3v) is 3.55. The van der Waals surface area contributed by atoms with Gasteiger partial charge < -0.3 is 10.1 Å². The molecule has 0 bridgehead atoms. The van der Waals surface area contributed by atoms with Crippen molar-refractivity contribution >= 4 is 11.6 Å². The molecule has 0 aliphatic heterocycles. The van der Waals surface area contributed by atoms with Gasteiger partial charge in [-0.1, -0.05) is 37.6 Å². The molecule has 1 aromatic carbocycles. The van der Waals surface area contributed by atoms with Crippen LogP contribution >= 0.6 is 11.6 Å². The van der Waals surface area contributed by atoms with Gasteiger partial charge in [0.2, 0.25) is 0 Å². The van der Waals surface area contributed by atoms with E-state index in [1.165, 1.54) is 6.07 Å². The molecule has 1 rings (SSSR count). The van der Waals surface area contributed by atoms with E-state index in [1.807, 2.05) is 6.07 Å². The number of rotatable bonds is 8. The van der Waals surface area contributed by atoms with Gasteiger partial charge in [-0.25, -0.2) is 4.39 Å². The lowest BCUT2D eigenvalue weighted by Gasteiger charge is -2.22. The molecule has 1 aromatic rings. The number of nitrogens with one attached hydrogen (secondary N) is 1. The maximum absolute atomic E-state index is 13.4. The van der Waals surface area contributed by atoms with E-state index in [9.17, 15) is 4.39 Å². The molecule has 0 heterocycles. The summed E-state index contributed by atoms with van der Waals surface area (Å²) in [6.45, 7) is 5.85. The number of likely N-dealkylation sites (N-methyl/N-ethyl adjacent to an activating group) is 1. The molecule has 0 spiro atoms. The first kappa shape index (κ1) is 16.4. The Kier molecular flexibility index (Phi) is 7.36. The number of hydrogen-bond donors (Lipinski definition) is 1. The normalized spacial score (nSPS) is 14.4. The smallest absolute Gasteiger partial charge is 0.142 e. The van der Waals surface area contributed by atoms with Crippen LogP contribution in [0.3, 0.4) is 0 Å². The molecule has 2 unspecified atom stereocenters. The second kappa shape index (κ2) is 8.51. The molecule has 0 aliphatic rings. The first-order valence-corrected chi connectivity index (χ1v) is 7.11. The molecule has 0 fully saturated rings. The van der Waals surface area contributed by atoms with Gasteiger partial charge in [0.05, 0.1) is 5.02 Å². The molecule has 2 atom stereocenters. The predicted molar refractivity (Wildman–Crippen MR) is 78.2 cm³/mol. The van der Waals surface area contributed by atoms with Crippen LogP contribution in [0.5, 0.6) is 0 Å². The van der Waals surface area contributed by atoms with Crippen LogP contribution in [0.15, 0.2) is 18.2 Å². The summed E-state index contributed by atoms with van der Waals surface area (Å²) in [5.41, 5.74) is 0.859. The van der Waals surface area contributed by atoms with E-state index in [2.05, 4.69) is 19.2 Å². The quantitative estimate of drug-likeness (QED) is 0.788. The van der Waals surface area contributed by atoms with E-state index < -0.39 is 0 Å². The Morgan fingerprint density at radius 2 is 2.16 bits per heavy atom. The Labute approximate surface area is 120 Å². The van der Waals surface area contributed by atoms with Gasteiger partial charge in [0.25, 0.3) is 0 Å². The summed E-state index contributed by atoms with van der Waals surface area (Å²) >= 11 is 6.01. The van der Waals surface area contributed by atoms with Crippen LogP contribution in [0.1, 0.15) is 25.8 Å². The van der Waals surface area contributed by atoms with E-state index in [-0.39, 0.29) is 16.9 Å². The number of ether oxygens (including phenoxy) is 1. The molecule has 0 radical (unpaired) electrons. The molecule has 0 saturated carbocycles. The maximum atomic E-state index is 13.4. The van der Waals surface area contributed by atoms with Crippen molar-refractivity contribution < 1.29 is 9.13 Å². The summed E-state index contributed by atoms with van der Waals surface area (Å²) in [6, 6.07) is 5.27. The largest absolute Gasteiger partial charge is 0.384 e. The lowest BCUT2D eigenvalue weighted by Crippen LogP contribution is -2.33. The number of methoxy groups -OCH3 is 1. The average Bonchev–Trinajstić information content (AvgIpc) is 2.35. The summed E-state index contributed by atoms with van der Waals surface area (Å²) in [5.74, 6) is 0.112. The van der Waals surface area contributed by atoms with Crippen LogP contribution in [-0.2, 0) is 11.2 Å². The molecule has 19 heavy (non-hydrogen) atoms. The van der Waals surface area contributed by atoms with Crippen molar-refractivity contribution in [1.82, 2.24) is 5.32 Å². The fourth-order valence-electron chi connectivity index (χ4n) is 2.34. The highest BCUT2D eigenvalue weighted by Gasteiger charge is 2.15. The Morgan fingerprint density at radius 1 is 1.42 bits per heavy atom. The van der Waals surface area contributed by atoms with E-state index in [0.29, 0.717) is 5.92 Å². The van der Waals surface area contributed by atoms with Crippen molar-refractivity contribution in [2.24, 2.45) is 5.92 Å². The molecular weight excluding hydrogens is 265 g/mol. The van der Waals surface area contributed by atoms with Gasteiger partial charge in [-0.2, -0.15) is 0 Å². The molecule has 0 saturated heterocycles. The zero-order valence-corrected chi connectivity index (χ0v) is 12.6. The third-order valence-electron chi connectivity index (χ3n) is 3.13. The Bertz CT molecular complexity index is 386. The zero-order chi connectivity index (χ0) is 14.3. The standard InChI is InChI=1S/C15H23ClFNO/c1-4-18-13(8-11(2)10-19-3)9-12-6-5-7-14(17)15(12)16/h5-7,11,13,18H,4,8-10H2,1-3H3. The minimum atomic E-state index is -0.348. The first-order chi connectivity index (χ1) is 9.08. The topological polar surface area (TPSA) is 21.3 Å². The van der Waals surface area contributed by atoms with Gasteiger partial charge in [-0.15, -0.1) is 0 Å². The Hall–Kier alpha value is -0.640. The lowest BCUT2D eigenvalue weighted by atomic mass is 9.96. The van der Waals surface area contributed by atoms with Gasteiger partial charge >= 0.3 is 0 Å². The zero-order valence-electron chi connectivity index (χ0n) is 11.9. The molecule has 0 amide bonds. The third kappa shape index (κ3) is 5.47. The Morgan fingerprint density at radius 3 is 2.79 bits per heavy atom. The van der Waals surface area contributed by atoms with Crippen LogP contribution in [0.25, 0.3) is 0 Å². The van der Waals surface area contributed by atoms with Crippen molar-refractivity contribution in [3.05, 3.63) is 34.6 Å². The van der Waals surface area contributed by atoms with Gasteiger partial charge in [0.1, 0.15) is 5.82 Å². The molecule has 108 valence electrons. The number of benzene rings is 1. The van der Waals surface area contributed by atoms with Crippen LogP contribution in [-0.4, -0.2) is 26.3 Å². The minimum Gasteiger partial charge on any atom is -0.384 e. The van der Waals surface area contributed by atoms with E-state index in [0.717, 1.165) is 31.6 Å². The van der Waals surface area contributed by atoms with E-state index in [4.69, 9.17) is 16.3 Å². The van der Waals surface area contributed by atoms with E-state index >= 15 is 0 Å². The molecule has 0 aliphatic carbocycles. The van der Waals surface area contributed by atoms with Crippen molar-refractivity contribution in [1.29, 1.82) is 0 Å². The van der Waals surface area contributed by atoms with Crippen molar-refractivity contribution in [3.63, 3.8) is 0 Å². The van der Waals surface area contributed by atoms with Crippen LogP contribution in [0, 0.1) is 11.7 Å². The van der Waals surface area contributed by atoms with Crippen LogP contribution < -0.4 is 5.32 Å². The number of hydrogen-bond acceptors (Lipinski definition) is 2. The fraction of sp³-hybridized carbons (Fsp3) is 0.600. The maximum Gasteiger partial charge on any atom is 0.142 e. The highest BCUT2D eigenvalue weighted by molar-refractivity contribution is 6.31. The molecule has 4 heteroatoms. The van der Waals surface area contributed by atoms with Gasteiger partial charge in [0.15, 0.2) is 0 Å². The molecular formula is C15H23ClFNO. The van der Waals surface area contributed by atoms with Crippen molar-refractivity contribution in [2.45, 2.75) is 32.7 Å². The molecule has 1 N–H and O–H groups in total. The predicted octanol–water partition coefficient (Wildman–Crippen LogP) is 3.67. The fourth-order valence-corrected chi connectivity index (χ4v) is 2.54. The van der Waals surface area contributed by atoms with Crippen LogP contribution in [0.2, 0.25) is 5.02 Å². The summed E-state index contributed by atoms with van der Waals surface area (Å²) in [5, 5.41) is 3.67. The SMILES string of the molecule is CCNC(Cc1cccc(F)c1Cl)CC(C)COC. The highest BCUT2D eigenvalue weighted by Crippen LogP contribution is 2.22. The molecule has 0 aromatic heterocycles. The summed E-state index contributed by atoms with van der Waals surface area (Å²) in [4.78, 5) is 0. The lowest BCUT2D eigenvalue weighted by molar-refractivity contribution is 0.149.